The second-order valence-electron chi connectivity index (χ2n) is 4.26. The topological polar surface area (TPSA) is 26.0 Å². The number of halogens is 2. The van der Waals surface area contributed by atoms with Crippen molar-refractivity contribution in [1.82, 2.24) is 5.16 Å². The van der Waals surface area contributed by atoms with E-state index in [2.05, 4.69) is 21.1 Å². The lowest BCUT2D eigenvalue weighted by atomic mass is 10.1. The van der Waals surface area contributed by atoms with Crippen molar-refractivity contribution in [1.29, 1.82) is 0 Å². The maximum Gasteiger partial charge on any atom is 0.144 e. The van der Waals surface area contributed by atoms with E-state index in [1.165, 1.54) is 12.8 Å². The molecular weight excluding hydrogens is 302 g/mol. The Bertz CT molecular complexity index is 548. The number of hydrogen-bond donors (Lipinski definition) is 0. The van der Waals surface area contributed by atoms with Crippen LogP contribution in [0.15, 0.2) is 28.8 Å². The molecule has 1 saturated carbocycles. The van der Waals surface area contributed by atoms with Crippen molar-refractivity contribution >= 4 is 27.5 Å². The molecule has 1 aliphatic carbocycles. The molecule has 0 atom stereocenters. The predicted octanol–water partition coefficient (Wildman–Crippen LogP) is 4.77. The first kappa shape index (κ1) is 11.3. The molecule has 4 heteroatoms. The lowest BCUT2D eigenvalue weighted by Gasteiger charge is -2.02. The summed E-state index contributed by atoms with van der Waals surface area (Å²) in [5.41, 5.74) is 2.95. The SMILES string of the molecule is Clc1ccccc1-c1noc(C2CC2)c1CBr. The highest BCUT2D eigenvalue weighted by Gasteiger charge is 2.32. The van der Waals surface area contributed by atoms with Gasteiger partial charge in [-0.15, -0.1) is 0 Å². The van der Waals surface area contributed by atoms with Crippen molar-refractivity contribution in [2.75, 3.05) is 0 Å². The van der Waals surface area contributed by atoms with E-state index >= 15 is 0 Å². The van der Waals surface area contributed by atoms with E-state index in [1.54, 1.807) is 0 Å². The lowest BCUT2D eigenvalue weighted by molar-refractivity contribution is 0.385. The van der Waals surface area contributed by atoms with Gasteiger partial charge in [0, 0.05) is 22.4 Å². The van der Waals surface area contributed by atoms with Gasteiger partial charge >= 0.3 is 0 Å². The molecule has 2 nitrogen and oxygen atoms in total. The average Bonchev–Trinajstić information content (AvgIpc) is 3.10. The van der Waals surface area contributed by atoms with Crippen molar-refractivity contribution in [3.8, 4) is 11.3 Å². The van der Waals surface area contributed by atoms with Crippen LogP contribution in [0.1, 0.15) is 30.1 Å². The summed E-state index contributed by atoms with van der Waals surface area (Å²) in [7, 11) is 0. The van der Waals surface area contributed by atoms with Crippen molar-refractivity contribution in [3.05, 3.63) is 40.6 Å². The summed E-state index contributed by atoms with van der Waals surface area (Å²) in [6, 6.07) is 7.73. The standard InChI is InChI=1S/C13H11BrClNO/c14-7-10-12(9-3-1-2-4-11(9)15)16-17-13(10)8-5-6-8/h1-4,8H,5-7H2. The fourth-order valence-electron chi connectivity index (χ4n) is 1.98. The minimum atomic E-state index is 0.561. The zero-order valence-electron chi connectivity index (χ0n) is 9.12. The molecular formula is C13H11BrClNO. The Balaban J connectivity index is 2.11. The zero-order valence-corrected chi connectivity index (χ0v) is 11.5. The normalized spacial score (nSPS) is 15.2. The molecule has 0 aliphatic heterocycles. The van der Waals surface area contributed by atoms with Crippen molar-refractivity contribution in [3.63, 3.8) is 0 Å². The van der Waals surface area contributed by atoms with Gasteiger partial charge in [0.1, 0.15) is 11.5 Å². The largest absolute Gasteiger partial charge is 0.360 e. The zero-order chi connectivity index (χ0) is 11.8. The molecule has 0 amide bonds. The number of rotatable bonds is 3. The Morgan fingerprint density at radius 1 is 1.35 bits per heavy atom. The Morgan fingerprint density at radius 3 is 2.76 bits per heavy atom. The quantitative estimate of drug-likeness (QED) is 0.763. The van der Waals surface area contributed by atoms with E-state index in [9.17, 15) is 0 Å². The number of alkyl halides is 1. The molecule has 88 valence electrons. The van der Waals surface area contributed by atoms with Crippen LogP contribution in [0.4, 0.5) is 0 Å². The van der Waals surface area contributed by atoms with E-state index in [0.29, 0.717) is 10.9 Å². The summed E-state index contributed by atoms with van der Waals surface area (Å²) in [5, 5.41) is 5.66. The molecule has 0 bridgehead atoms. The number of nitrogens with zero attached hydrogens (tertiary/aromatic N) is 1. The van der Waals surface area contributed by atoms with Crippen LogP contribution in [0.25, 0.3) is 11.3 Å². The van der Waals surface area contributed by atoms with Crippen LogP contribution in [-0.2, 0) is 5.33 Å². The minimum Gasteiger partial charge on any atom is -0.360 e. The maximum atomic E-state index is 6.20. The van der Waals surface area contributed by atoms with Crippen molar-refractivity contribution in [2.45, 2.75) is 24.1 Å². The van der Waals surface area contributed by atoms with Gasteiger partial charge in [0.2, 0.25) is 0 Å². The summed E-state index contributed by atoms with van der Waals surface area (Å²) < 4.78 is 5.48. The van der Waals surface area contributed by atoms with Crippen LogP contribution in [0.2, 0.25) is 5.02 Å². The molecule has 0 radical (unpaired) electrons. The summed E-state index contributed by atoms with van der Waals surface area (Å²) in [6.07, 6.45) is 2.41. The third kappa shape index (κ3) is 2.02. The van der Waals surface area contributed by atoms with Crippen LogP contribution in [0.5, 0.6) is 0 Å². The highest BCUT2D eigenvalue weighted by atomic mass is 79.9. The van der Waals surface area contributed by atoms with Gasteiger partial charge in [-0.05, 0) is 18.9 Å². The second-order valence-corrected chi connectivity index (χ2v) is 5.23. The predicted molar refractivity (Wildman–Crippen MR) is 71.6 cm³/mol. The first-order valence-corrected chi connectivity index (χ1v) is 7.10. The molecule has 0 saturated heterocycles. The minimum absolute atomic E-state index is 0.561. The Kier molecular flexibility index (Phi) is 2.97. The van der Waals surface area contributed by atoms with Crippen LogP contribution in [0.3, 0.4) is 0 Å². The molecule has 0 spiro atoms. The number of benzene rings is 1. The summed E-state index contributed by atoms with van der Waals surface area (Å²) in [6.45, 7) is 0. The van der Waals surface area contributed by atoms with Gasteiger partial charge in [-0.3, -0.25) is 0 Å². The van der Waals surface area contributed by atoms with E-state index < -0.39 is 0 Å². The summed E-state index contributed by atoms with van der Waals surface area (Å²) in [5.74, 6) is 1.59. The van der Waals surface area contributed by atoms with Gasteiger partial charge in [-0.2, -0.15) is 0 Å². The summed E-state index contributed by atoms with van der Waals surface area (Å²) >= 11 is 9.71. The Labute approximate surface area is 113 Å². The molecule has 1 heterocycles. The molecule has 0 N–H and O–H groups in total. The highest BCUT2D eigenvalue weighted by molar-refractivity contribution is 9.08. The van der Waals surface area contributed by atoms with Crippen molar-refractivity contribution in [2.24, 2.45) is 0 Å². The molecule has 17 heavy (non-hydrogen) atoms. The Hall–Kier alpha value is -0.800. The molecule has 1 aromatic heterocycles. The van der Waals surface area contributed by atoms with E-state index in [0.717, 1.165) is 27.9 Å². The molecule has 1 aliphatic rings. The first-order chi connectivity index (χ1) is 8.31. The van der Waals surface area contributed by atoms with Crippen LogP contribution in [-0.4, -0.2) is 5.16 Å². The molecule has 0 unspecified atom stereocenters. The monoisotopic (exact) mass is 311 g/mol. The number of aromatic nitrogens is 1. The van der Waals surface area contributed by atoms with Crippen molar-refractivity contribution < 1.29 is 4.52 Å². The van der Waals surface area contributed by atoms with Gasteiger partial charge in [0.25, 0.3) is 0 Å². The van der Waals surface area contributed by atoms with E-state index in [1.807, 2.05) is 24.3 Å². The van der Waals surface area contributed by atoms with Gasteiger partial charge in [-0.1, -0.05) is 50.9 Å². The molecule has 1 aromatic carbocycles. The highest BCUT2D eigenvalue weighted by Crippen LogP contribution is 2.45. The second kappa shape index (κ2) is 4.46. The van der Waals surface area contributed by atoms with Gasteiger partial charge in [0.15, 0.2) is 0 Å². The Morgan fingerprint density at radius 2 is 2.12 bits per heavy atom. The summed E-state index contributed by atoms with van der Waals surface area (Å²) in [4.78, 5) is 0. The number of hydrogen-bond acceptors (Lipinski definition) is 2. The third-order valence-corrected chi connectivity index (χ3v) is 3.92. The van der Waals surface area contributed by atoms with E-state index in [-0.39, 0.29) is 0 Å². The third-order valence-electron chi connectivity index (χ3n) is 3.03. The fraction of sp³-hybridized carbons (Fsp3) is 0.308. The smallest absolute Gasteiger partial charge is 0.144 e. The maximum absolute atomic E-state index is 6.20. The van der Waals surface area contributed by atoms with Crippen LogP contribution < -0.4 is 0 Å². The van der Waals surface area contributed by atoms with Gasteiger partial charge < -0.3 is 4.52 Å². The van der Waals surface area contributed by atoms with E-state index in [4.69, 9.17) is 16.1 Å². The van der Waals surface area contributed by atoms with Crippen LogP contribution >= 0.6 is 27.5 Å². The molecule has 2 aromatic rings. The van der Waals surface area contributed by atoms with Gasteiger partial charge in [-0.25, -0.2) is 0 Å². The van der Waals surface area contributed by atoms with Crippen LogP contribution in [0, 0.1) is 0 Å². The fourth-order valence-corrected chi connectivity index (χ4v) is 2.75. The molecule has 3 rings (SSSR count). The lowest BCUT2D eigenvalue weighted by Crippen LogP contribution is -1.87. The average molecular weight is 313 g/mol. The molecule has 1 fully saturated rings. The first-order valence-electron chi connectivity index (χ1n) is 5.60. The van der Waals surface area contributed by atoms with Gasteiger partial charge in [0.05, 0.1) is 5.02 Å².